The zero-order chi connectivity index (χ0) is 55.6. The molecule has 4 fully saturated rings. The fraction of sp³-hybridized carbons (Fsp3) is 0.696. The molecular weight excluding hydrogens is 1000 g/mol. The van der Waals surface area contributed by atoms with Crippen LogP contribution >= 0.6 is 0 Å². The molecule has 2 aromatic heterocycles. The number of fused-ring (bicyclic) bond motifs is 7. The van der Waals surface area contributed by atoms with Crippen molar-refractivity contribution in [3.8, 4) is 5.75 Å². The maximum atomic E-state index is 15.4. The molecule has 0 radical (unpaired) electrons. The summed E-state index contributed by atoms with van der Waals surface area (Å²) in [5.41, 5.74) is -2.39. The summed E-state index contributed by atoms with van der Waals surface area (Å²) >= 11 is 0. The summed E-state index contributed by atoms with van der Waals surface area (Å²) in [6.07, 6.45) is 8.01. The SMILES string of the molecule is COCCOCCOCCOCCC(=O)O[C@H]1CC[C@@]2(C)[C@@H](CC[C@]3(C)[C@@H]2C(=O)C=C2[C@@H]4C[C@@](C)(C(=O)OCc5ccc([N+](=O)[O-])c(OCc6cn(C)nn6)c5)CC[C@]4(C)CC[C@]23C)[C@]1(C)C(=O)OCc1oc(=O)oc1C. The Balaban J connectivity index is 0.987. The van der Waals surface area contributed by atoms with E-state index in [9.17, 15) is 29.3 Å². The molecule has 5 aliphatic carbocycles. The lowest BCUT2D eigenvalue weighted by Crippen LogP contribution is -2.68. The van der Waals surface area contributed by atoms with Crippen LogP contribution in [0.4, 0.5) is 5.69 Å². The van der Waals surface area contributed by atoms with Crippen LogP contribution in [0.5, 0.6) is 5.75 Å². The van der Waals surface area contributed by atoms with Crippen LogP contribution < -0.4 is 10.6 Å². The largest absolute Gasteiger partial charge is 0.519 e. The number of benzene rings is 1. The second-order valence-electron chi connectivity index (χ2n) is 23.5. The minimum Gasteiger partial charge on any atom is -0.480 e. The molecule has 4 saturated carbocycles. The lowest BCUT2D eigenvalue weighted by molar-refractivity contribution is -0.386. The molecule has 0 unspecified atom stereocenters. The van der Waals surface area contributed by atoms with Gasteiger partial charge in [0.05, 0.1) is 69.2 Å². The highest BCUT2D eigenvalue weighted by Gasteiger charge is 2.72. The van der Waals surface area contributed by atoms with Gasteiger partial charge in [-0.05, 0) is 136 Å². The minimum atomic E-state index is -1.41. The van der Waals surface area contributed by atoms with Crippen LogP contribution in [0.15, 0.2) is 49.7 Å². The number of methoxy groups -OCH3 is 1. The monoisotopic (exact) mass is 1080 g/mol. The van der Waals surface area contributed by atoms with Crippen LogP contribution in [0.3, 0.4) is 0 Å². The Labute approximate surface area is 448 Å². The summed E-state index contributed by atoms with van der Waals surface area (Å²) in [5.74, 6) is -3.29. The van der Waals surface area contributed by atoms with Gasteiger partial charge in [-0.1, -0.05) is 38.5 Å². The number of nitrogens with zero attached hydrogens (tertiary/aromatic N) is 4. The Bertz CT molecular complexity index is 2770. The third-order valence-corrected chi connectivity index (χ3v) is 18.8. The number of aryl methyl sites for hydroxylation is 2. The van der Waals surface area contributed by atoms with Crippen molar-refractivity contribution in [2.75, 3.05) is 53.4 Å². The number of nitro groups is 1. The van der Waals surface area contributed by atoms with Gasteiger partial charge in [-0.25, -0.2) is 4.79 Å². The van der Waals surface area contributed by atoms with E-state index in [-0.39, 0.29) is 91.9 Å². The molecule has 0 aliphatic heterocycles. The smallest absolute Gasteiger partial charge is 0.480 e. The number of aromatic nitrogens is 3. The molecule has 0 spiro atoms. The van der Waals surface area contributed by atoms with Crippen LogP contribution in [0.25, 0.3) is 0 Å². The van der Waals surface area contributed by atoms with Gasteiger partial charge >= 0.3 is 29.4 Å². The minimum absolute atomic E-state index is 0.0107. The molecule has 3 aromatic rings. The number of ketones is 1. The van der Waals surface area contributed by atoms with E-state index < -0.39 is 67.7 Å². The van der Waals surface area contributed by atoms with Crippen molar-refractivity contribution in [3.63, 3.8) is 0 Å². The number of ether oxygens (including phenoxy) is 8. The van der Waals surface area contributed by atoms with Crippen molar-refractivity contribution in [1.29, 1.82) is 0 Å². The van der Waals surface area contributed by atoms with Crippen molar-refractivity contribution in [2.45, 2.75) is 139 Å². The van der Waals surface area contributed by atoms with Gasteiger partial charge in [0.1, 0.15) is 30.4 Å². The molecule has 2 heterocycles. The Kier molecular flexibility index (Phi) is 17.1. The van der Waals surface area contributed by atoms with Gasteiger partial charge in [0.15, 0.2) is 29.7 Å². The topological polar surface area (TPSA) is 259 Å². The zero-order valence-corrected chi connectivity index (χ0v) is 46.1. The van der Waals surface area contributed by atoms with Crippen molar-refractivity contribution in [2.24, 2.45) is 57.3 Å². The average molecular weight is 1080 g/mol. The summed E-state index contributed by atoms with van der Waals surface area (Å²) < 4.78 is 57.4. The Morgan fingerprint density at radius 3 is 2.18 bits per heavy atom. The van der Waals surface area contributed by atoms with E-state index >= 15 is 4.79 Å². The molecule has 10 atom stereocenters. The summed E-state index contributed by atoms with van der Waals surface area (Å²) in [5, 5.41) is 19.8. The highest BCUT2D eigenvalue weighted by Crippen LogP contribution is 2.75. The molecule has 422 valence electrons. The fourth-order valence-corrected chi connectivity index (χ4v) is 14.2. The Morgan fingerprint density at radius 1 is 0.831 bits per heavy atom. The number of esters is 3. The first-order valence-corrected chi connectivity index (χ1v) is 26.9. The van der Waals surface area contributed by atoms with Gasteiger partial charge in [0.2, 0.25) is 0 Å². The van der Waals surface area contributed by atoms with Gasteiger partial charge < -0.3 is 46.7 Å². The molecular formula is C56H76N4O17. The molecule has 77 heavy (non-hydrogen) atoms. The van der Waals surface area contributed by atoms with Crippen LogP contribution in [0.1, 0.15) is 129 Å². The van der Waals surface area contributed by atoms with E-state index in [1.165, 1.54) is 16.8 Å². The third kappa shape index (κ3) is 11.3. The number of carbonyl (C=O) groups is 4. The van der Waals surface area contributed by atoms with E-state index in [0.717, 1.165) is 24.8 Å². The molecule has 0 amide bonds. The Morgan fingerprint density at radius 2 is 1.52 bits per heavy atom. The van der Waals surface area contributed by atoms with Gasteiger partial charge in [0.25, 0.3) is 0 Å². The van der Waals surface area contributed by atoms with Crippen LogP contribution in [0.2, 0.25) is 0 Å². The first-order valence-electron chi connectivity index (χ1n) is 26.9. The first-order chi connectivity index (χ1) is 36.5. The van der Waals surface area contributed by atoms with Gasteiger partial charge in [-0.3, -0.25) is 34.0 Å². The normalized spacial score (nSPS) is 31.4. The van der Waals surface area contributed by atoms with Crippen LogP contribution in [-0.2, 0) is 79.2 Å². The van der Waals surface area contributed by atoms with Crippen molar-refractivity contribution in [1.82, 2.24) is 15.0 Å². The molecule has 0 N–H and O–H groups in total. The summed E-state index contributed by atoms with van der Waals surface area (Å²) in [6.45, 7) is 16.1. The third-order valence-electron chi connectivity index (χ3n) is 18.8. The molecule has 0 saturated heterocycles. The van der Waals surface area contributed by atoms with Gasteiger partial charge in [0, 0.05) is 26.1 Å². The first kappa shape index (κ1) is 57.4. The van der Waals surface area contributed by atoms with E-state index in [4.69, 9.17) is 46.7 Å². The van der Waals surface area contributed by atoms with E-state index in [1.807, 2.05) is 13.0 Å². The second-order valence-corrected chi connectivity index (χ2v) is 23.5. The average Bonchev–Trinajstić information content (AvgIpc) is 3.89. The Hall–Kier alpha value is -5.77. The second kappa shape index (κ2) is 22.9. The summed E-state index contributed by atoms with van der Waals surface area (Å²) in [6, 6.07) is 4.39. The standard InChI is InChI=1S/C56H76N4O17/c1-35-43(76-50(65)75-35)34-74-49(64)56(7)44-12-16-55(6)47(53(44,4)15-13-45(56)77-46(62)14-21-69-24-25-71-27-26-70-23-22-68-9)41(61)29-38-39-30-52(3,18-17-51(39,2)19-20-54(38,55)5)48(63)73-32-36-10-11-40(60(66)67)42(28-36)72-33-37-31-59(8)58-57-37/h10-11,28-29,31,39,44-45,47H,12-27,30,32-34H2,1-9H3/t39-,44+,45-,47+,51+,52-,53-,54+,55+,56-/m0/s1. The van der Waals surface area contributed by atoms with Crippen molar-refractivity contribution < 1.29 is 70.8 Å². The van der Waals surface area contributed by atoms with Gasteiger partial charge in [-0.2, -0.15) is 0 Å². The summed E-state index contributed by atoms with van der Waals surface area (Å²) in [7, 11) is 3.31. The summed E-state index contributed by atoms with van der Waals surface area (Å²) in [4.78, 5) is 81.5. The molecule has 0 bridgehead atoms. The number of carbonyl (C=O) groups excluding carboxylic acids is 4. The van der Waals surface area contributed by atoms with E-state index in [1.54, 1.807) is 40.3 Å². The van der Waals surface area contributed by atoms with Crippen LogP contribution in [-0.4, -0.2) is 103 Å². The molecule has 8 rings (SSSR count). The van der Waals surface area contributed by atoms with E-state index in [0.29, 0.717) is 76.4 Å². The van der Waals surface area contributed by atoms with Crippen LogP contribution in [0, 0.1) is 67.3 Å². The van der Waals surface area contributed by atoms with Crippen molar-refractivity contribution >= 4 is 29.4 Å². The molecule has 21 nitrogen and oxygen atoms in total. The fourth-order valence-electron chi connectivity index (χ4n) is 14.2. The lowest BCUT2D eigenvalue weighted by Gasteiger charge is -2.70. The lowest BCUT2D eigenvalue weighted by atomic mass is 9.33. The predicted molar refractivity (Wildman–Crippen MR) is 273 cm³/mol. The number of nitro benzene ring substituents is 1. The maximum Gasteiger partial charge on any atom is 0.519 e. The maximum absolute atomic E-state index is 15.4. The number of rotatable bonds is 23. The van der Waals surface area contributed by atoms with Gasteiger partial charge in [-0.15, -0.1) is 5.10 Å². The highest BCUT2D eigenvalue weighted by molar-refractivity contribution is 5.96. The molecule has 21 heteroatoms. The quantitative estimate of drug-likeness (QED) is 0.0287. The molecule has 5 aliphatic rings. The number of allylic oxidation sites excluding steroid dienone is 2. The predicted octanol–water partition coefficient (Wildman–Crippen LogP) is 7.90. The number of hydrogen-bond acceptors (Lipinski definition) is 19. The van der Waals surface area contributed by atoms with E-state index in [2.05, 4.69) is 38.0 Å². The number of hydrogen-bond donors (Lipinski definition) is 0. The highest BCUT2D eigenvalue weighted by atomic mass is 16.6. The zero-order valence-electron chi connectivity index (χ0n) is 46.1. The van der Waals surface area contributed by atoms with Crippen molar-refractivity contribution in [3.05, 3.63) is 79.6 Å². The molecule has 1 aromatic carbocycles.